The first-order chi connectivity index (χ1) is 15.6. The Labute approximate surface area is 189 Å². The number of oxazole rings is 1. The molecule has 4 rings (SSSR count). The number of hydrogen-bond acceptors (Lipinski definition) is 6. The van der Waals surface area contributed by atoms with Gasteiger partial charge in [-0.3, -0.25) is 0 Å². The van der Waals surface area contributed by atoms with E-state index in [2.05, 4.69) is 11.9 Å². The topological polar surface area (TPSA) is 63.0 Å². The van der Waals surface area contributed by atoms with Gasteiger partial charge in [0.25, 0.3) is 0 Å². The van der Waals surface area contributed by atoms with Crippen LogP contribution in [0, 0.1) is 6.92 Å². The first-order valence-electron chi connectivity index (χ1n) is 11.3. The van der Waals surface area contributed by atoms with Crippen LogP contribution in [-0.2, 0) is 21.9 Å². The van der Waals surface area contributed by atoms with Crippen LogP contribution in [0.2, 0.25) is 0 Å². The van der Waals surface area contributed by atoms with Crippen molar-refractivity contribution in [1.29, 1.82) is 0 Å². The van der Waals surface area contributed by atoms with E-state index in [1.165, 1.54) is 0 Å². The predicted molar refractivity (Wildman–Crippen MR) is 122 cm³/mol. The van der Waals surface area contributed by atoms with Crippen LogP contribution in [0.5, 0.6) is 11.5 Å². The normalized spacial score (nSPS) is 15.1. The molecule has 0 amide bonds. The number of benzene rings is 2. The minimum atomic E-state index is -0.700. The molecule has 0 spiro atoms. The van der Waals surface area contributed by atoms with Crippen molar-refractivity contribution in [3.63, 3.8) is 0 Å². The molecule has 1 aliphatic heterocycles. The van der Waals surface area contributed by atoms with E-state index in [1.54, 1.807) is 7.11 Å². The summed E-state index contributed by atoms with van der Waals surface area (Å²) < 4.78 is 29.7. The van der Waals surface area contributed by atoms with Crippen LogP contribution >= 0.6 is 0 Å². The summed E-state index contributed by atoms with van der Waals surface area (Å²) in [5.41, 5.74) is 2.65. The number of nitrogens with zero attached hydrogens (tertiary/aromatic N) is 1. The van der Waals surface area contributed by atoms with Crippen LogP contribution in [0.1, 0.15) is 49.6 Å². The van der Waals surface area contributed by atoms with E-state index in [9.17, 15) is 0 Å². The molecule has 0 atom stereocenters. The fourth-order valence-electron chi connectivity index (χ4n) is 3.95. The van der Waals surface area contributed by atoms with Gasteiger partial charge in [0, 0.05) is 17.5 Å². The molecule has 3 aromatic rings. The third-order valence-corrected chi connectivity index (χ3v) is 5.74. The van der Waals surface area contributed by atoms with Crippen LogP contribution in [0.25, 0.3) is 11.5 Å². The Morgan fingerprint density at radius 2 is 1.78 bits per heavy atom. The number of methoxy groups -OCH3 is 1. The van der Waals surface area contributed by atoms with Crippen molar-refractivity contribution >= 4 is 0 Å². The first kappa shape index (κ1) is 22.4. The monoisotopic (exact) mass is 437 g/mol. The SMILES string of the molecule is CCCCCC1(c2ccc(OCc3nc(-c4ccccc4)oc3C)c(OC)c2)OCCO1. The third kappa shape index (κ3) is 4.81. The second-order valence-electron chi connectivity index (χ2n) is 7.95. The Morgan fingerprint density at radius 1 is 1.00 bits per heavy atom. The molecule has 2 heterocycles. The summed E-state index contributed by atoms with van der Waals surface area (Å²) in [6.07, 6.45) is 4.17. The van der Waals surface area contributed by atoms with Crippen molar-refractivity contribution in [2.45, 2.75) is 51.9 Å². The lowest BCUT2D eigenvalue weighted by molar-refractivity contribution is -0.171. The molecule has 6 nitrogen and oxygen atoms in total. The average Bonchev–Trinajstić information content (AvgIpc) is 3.46. The second-order valence-corrected chi connectivity index (χ2v) is 7.95. The number of hydrogen-bond donors (Lipinski definition) is 0. The van der Waals surface area contributed by atoms with E-state index in [4.69, 9.17) is 23.4 Å². The van der Waals surface area contributed by atoms with Gasteiger partial charge in [0.05, 0.1) is 20.3 Å². The van der Waals surface area contributed by atoms with Crippen LogP contribution in [0.15, 0.2) is 52.9 Å². The molecule has 2 aromatic carbocycles. The zero-order chi connectivity index (χ0) is 22.4. The van der Waals surface area contributed by atoms with Crippen molar-refractivity contribution in [2.75, 3.05) is 20.3 Å². The molecular formula is C26H31NO5. The molecule has 1 aromatic heterocycles. The van der Waals surface area contributed by atoms with Crippen LogP contribution in [0.3, 0.4) is 0 Å². The van der Waals surface area contributed by atoms with Crippen molar-refractivity contribution in [3.05, 3.63) is 65.5 Å². The first-order valence-corrected chi connectivity index (χ1v) is 11.3. The summed E-state index contributed by atoms with van der Waals surface area (Å²) in [4.78, 5) is 4.61. The lowest BCUT2D eigenvalue weighted by atomic mass is 9.98. The van der Waals surface area contributed by atoms with Gasteiger partial charge in [-0.25, -0.2) is 4.98 Å². The van der Waals surface area contributed by atoms with E-state index in [0.29, 0.717) is 30.6 Å². The van der Waals surface area contributed by atoms with Crippen LogP contribution in [0.4, 0.5) is 0 Å². The average molecular weight is 438 g/mol. The van der Waals surface area contributed by atoms with Crippen molar-refractivity contribution < 1.29 is 23.4 Å². The maximum atomic E-state index is 6.06. The van der Waals surface area contributed by atoms with Gasteiger partial charge >= 0.3 is 0 Å². The number of aryl methyl sites for hydroxylation is 1. The molecule has 0 bridgehead atoms. The molecule has 32 heavy (non-hydrogen) atoms. The minimum absolute atomic E-state index is 0.284. The summed E-state index contributed by atoms with van der Waals surface area (Å²) in [7, 11) is 1.64. The van der Waals surface area contributed by atoms with E-state index >= 15 is 0 Å². The van der Waals surface area contributed by atoms with Crippen molar-refractivity contribution in [3.8, 4) is 23.0 Å². The highest BCUT2D eigenvalue weighted by Gasteiger charge is 2.38. The number of rotatable bonds is 10. The molecular weight excluding hydrogens is 406 g/mol. The highest BCUT2D eigenvalue weighted by Crippen LogP contribution is 2.40. The molecule has 0 N–H and O–H groups in total. The zero-order valence-electron chi connectivity index (χ0n) is 19.1. The quantitative estimate of drug-likeness (QED) is 0.362. The second kappa shape index (κ2) is 10.2. The van der Waals surface area contributed by atoms with Crippen molar-refractivity contribution in [2.24, 2.45) is 0 Å². The molecule has 0 aliphatic carbocycles. The number of ether oxygens (including phenoxy) is 4. The lowest BCUT2D eigenvalue weighted by Crippen LogP contribution is -2.27. The van der Waals surface area contributed by atoms with Crippen LogP contribution < -0.4 is 9.47 Å². The largest absolute Gasteiger partial charge is 0.493 e. The maximum Gasteiger partial charge on any atom is 0.226 e. The summed E-state index contributed by atoms with van der Waals surface area (Å²) >= 11 is 0. The zero-order valence-corrected chi connectivity index (χ0v) is 19.1. The molecule has 6 heteroatoms. The molecule has 0 radical (unpaired) electrons. The van der Waals surface area contributed by atoms with Gasteiger partial charge in [0.1, 0.15) is 18.1 Å². The Bertz CT molecular complexity index is 1010. The van der Waals surface area contributed by atoms with E-state index in [1.807, 2.05) is 55.5 Å². The molecule has 1 fully saturated rings. The minimum Gasteiger partial charge on any atom is -0.493 e. The molecule has 1 aliphatic rings. The smallest absolute Gasteiger partial charge is 0.226 e. The van der Waals surface area contributed by atoms with Crippen molar-refractivity contribution in [1.82, 2.24) is 4.98 Å². The van der Waals surface area contributed by atoms with Crippen LogP contribution in [-0.4, -0.2) is 25.3 Å². The highest BCUT2D eigenvalue weighted by molar-refractivity contribution is 5.53. The molecule has 0 saturated carbocycles. The number of unbranched alkanes of at least 4 members (excludes halogenated alkanes) is 2. The summed E-state index contributed by atoms with van der Waals surface area (Å²) in [5, 5.41) is 0. The van der Waals surface area contributed by atoms with Gasteiger partial charge in [0.2, 0.25) is 5.89 Å². The van der Waals surface area contributed by atoms with E-state index in [-0.39, 0.29) is 6.61 Å². The third-order valence-electron chi connectivity index (χ3n) is 5.74. The lowest BCUT2D eigenvalue weighted by Gasteiger charge is -2.28. The summed E-state index contributed by atoms with van der Waals surface area (Å²) in [5.74, 6) is 1.91. The Kier molecular flexibility index (Phi) is 7.12. The summed E-state index contributed by atoms with van der Waals surface area (Å²) in [6.45, 7) is 5.57. The van der Waals surface area contributed by atoms with Gasteiger partial charge in [-0.15, -0.1) is 0 Å². The van der Waals surface area contributed by atoms with Gasteiger partial charge in [0.15, 0.2) is 17.3 Å². The highest BCUT2D eigenvalue weighted by atomic mass is 16.7. The summed E-state index contributed by atoms with van der Waals surface area (Å²) in [6, 6.07) is 15.7. The van der Waals surface area contributed by atoms with E-state index in [0.717, 1.165) is 48.3 Å². The van der Waals surface area contributed by atoms with Gasteiger partial charge < -0.3 is 23.4 Å². The van der Waals surface area contributed by atoms with Gasteiger partial charge in [-0.2, -0.15) is 0 Å². The fraction of sp³-hybridized carbons (Fsp3) is 0.423. The Balaban J connectivity index is 1.50. The molecule has 1 saturated heterocycles. The van der Waals surface area contributed by atoms with Gasteiger partial charge in [-0.1, -0.05) is 38.0 Å². The standard InChI is InChI=1S/C26H31NO5/c1-4-5-9-14-26(30-15-16-31-26)21-12-13-23(24(17-21)28-3)29-18-22-19(2)32-25(27-22)20-10-7-6-8-11-20/h6-8,10-13,17H,4-5,9,14-16,18H2,1-3H3. The molecule has 0 unspecified atom stereocenters. The van der Waals surface area contributed by atoms with Gasteiger partial charge in [-0.05, 0) is 43.7 Å². The number of aromatic nitrogens is 1. The maximum absolute atomic E-state index is 6.06. The Morgan fingerprint density at radius 3 is 2.50 bits per heavy atom. The predicted octanol–water partition coefficient (Wildman–Crippen LogP) is 6.02. The Hall–Kier alpha value is -2.83. The fourth-order valence-corrected chi connectivity index (χ4v) is 3.95. The van der Waals surface area contributed by atoms with E-state index < -0.39 is 5.79 Å². The molecule has 170 valence electrons.